The second kappa shape index (κ2) is 8.81. The third-order valence-corrected chi connectivity index (χ3v) is 5.51. The maximum atomic E-state index is 13.4. The Labute approximate surface area is 188 Å². The molecule has 2 heterocycles. The molecule has 9 heteroatoms. The number of hydrogen-bond acceptors (Lipinski definition) is 6. The number of aromatic nitrogens is 3. The van der Waals surface area contributed by atoms with Crippen LogP contribution in [-0.2, 0) is 4.79 Å². The molecule has 3 aromatic rings. The van der Waals surface area contributed by atoms with Crippen LogP contribution in [0, 0.1) is 0 Å². The number of allylic oxidation sites excluding steroid dienone is 1. The van der Waals surface area contributed by atoms with E-state index in [1.165, 1.54) is 6.33 Å². The maximum Gasteiger partial charge on any atom is 0.255 e. The number of para-hydroxylation sites is 1. The summed E-state index contributed by atoms with van der Waals surface area (Å²) in [6, 6.07) is 12.6. The molecule has 0 saturated carbocycles. The Kier molecular flexibility index (Phi) is 5.94. The molecule has 160 valence electrons. The third kappa shape index (κ3) is 4.00. The number of carbonyl (C=O) groups excluding carboxylic acids is 1. The molecule has 31 heavy (non-hydrogen) atoms. The van der Waals surface area contributed by atoms with E-state index in [0.717, 1.165) is 10.0 Å². The highest BCUT2D eigenvalue weighted by Gasteiger charge is 2.34. The van der Waals surface area contributed by atoms with Crippen LogP contribution < -0.4 is 20.1 Å². The predicted molar refractivity (Wildman–Crippen MR) is 121 cm³/mol. The highest BCUT2D eigenvalue weighted by Crippen LogP contribution is 2.42. The Hall–Kier alpha value is -3.33. The molecule has 1 amide bonds. The smallest absolute Gasteiger partial charge is 0.255 e. The number of hydrogen-bond donors (Lipinski definition) is 2. The van der Waals surface area contributed by atoms with Crippen LogP contribution in [0.2, 0.25) is 0 Å². The molecule has 0 spiro atoms. The number of fused-ring (bicyclic) bond motifs is 1. The van der Waals surface area contributed by atoms with Gasteiger partial charge < -0.3 is 20.1 Å². The SMILES string of the molecule is CCOc1cc(C2C(C(=O)Nc3ccccc3)=C(C)Nc3ncnn32)cc(Br)c1OC. The molecule has 4 rings (SSSR count). The van der Waals surface area contributed by atoms with Gasteiger partial charge in [-0.15, -0.1) is 0 Å². The molecule has 8 nitrogen and oxygen atoms in total. The van der Waals surface area contributed by atoms with Crippen LogP contribution in [0.15, 0.2) is 64.5 Å². The van der Waals surface area contributed by atoms with Gasteiger partial charge in [0.2, 0.25) is 5.95 Å². The van der Waals surface area contributed by atoms with Crippen LogP contribution in [0.4, 0.5) is 11.6 Å². The van der Waals surface area contributed by atoms with E-state index >= 15 is 0 Å². The van der Waals surface area contributed by atoms with E-state index in [9.17, 15) is 4.79 Å². The average Bonchev–Trinajstić information content (AvgIpc) is 3.21. The van der Waals surface area contributed by atoms with Crippen LogP contribution in [-0.4, -0.2) is 34.4 Å². The summed E-state index contributed by atoms with van der Waals surface area (Å²) in [5.74, 6) is 1.50. The highest BCUT2D eigenvalue weighted by atomic mass is 79.9. The van der Waals surface area contributed by atoms with Crippen LogP contribution in [0.3, 0.4) is 0 Å². The summed E-state index contributed by atoms with van der Waals surface area (Å²) < 4.78 is 13.7. The molecule has 0 radical (unpaired) electrons. The van der Waals surface area contributed by atoms with Gasteiger partial charge in [0, 0.05) is 11.4 Å². The Morgan fingerprint density at radius 2 is 2.06 bits per heavy atom. The van der Waals surface area contributed by atoms with E-state index in [1.54, 1.807) is 11.8 Å². The lowest BCUT2D eigenvalue weighted by Gasteiger charge is -2.29. The molecule has 0 saturated heterocycles. The number of rotatable bonds is 6. The first-order valence-electron chi connectivity index (χ1n) is 9.77. The lowest BCUT2D eigenvalue weighted by atomic mass is 9.94. The van der Waals surface area contributed by atoms with Crippen LogP contribution in [0.5, 0.6) is 11.5 Å². The van der Waals surface area contributed by atoms with Crippen LogP contribution >= 0.6 is 15.9 Å². The lowest BCUT2D eigenvalue weighted by molar-refractivity contribution is -0.113. The summed E-state index contributed by atoms with van der Waals surface area (Å²) in [6.07, 6.45) is 1.46. The molecule has 1 aliphatic heterocycles. The van der Waals surface area contributed by atoms with Gasteiger partial charge in [0.15, 0.2) is 11.5 Å². The molecule has 1 unspecified atom stereocenters. The summed E-state index contributed by atoms with van der Waals surface area (Å²) >= 11 is 3.57. The monoisotopic (exact) mass is 483 g/mol. The molecule has 2 aromatic carbocycles. The van der Waals surface area contributed by atoms with E-state index in [1.807, 2.05) is 56.3 Å². The fraction of sp³-hybridized carbons (Fsp3) is 0.227. The molecule has 0 fully saturated rings. The second-order valence-corrected chi connectivity index (χ2v) is 7.74. The van der Waals surface area contributed by atoms with Gasteiger partial charge in [0.1, 0.15) is 12.4 Å². The van der Waals surface area contributed by atoms with Gasteiger partial charge in [-0.3, -0.25) is 4.79 Å². The van der Waals surface area contributed by atoms with E-state index in [4.69, 9.17) is 9.47 Å². The number of carbonyl (C=O) groups is 1. The van der Waals surface area contributed by atoms with Crippen molar-refractivity contribution in [2.45, 2.75) is 19.9 Å². The standard InChI is InChI=1S/C22H22BrN5O3/c1-4-31-17-11-14(10-16(23)20(17)30-3)19-18(13(2)26-22-24-12-25-28(19)22)21(29)27-15-8-6-5-7-9-15/h5-12,19H,4H2,1-3H3,(H,27,29)(H,24,25,26). The molecule has 1 aliphatic rings. The number of methoxy groups -OCH3 is 1. The Bertz CT molecular complexity index is 1140. The Morgan fingerprint density at radius 3 is 2.77 bits per heavy atom. The van der Waals surface area contributed by atoms with E-state index < -0.39 is 6.04 Å². The van der Waals surface area contributed by atoms with Gasteiger partial charge in [0.25, 0.3) is 5.91 Å². The van der Waals surface area contributed by atoms with Crippen molar-refractivity contribution in [3.8, 4) is 11.5 Å². The van der Waals surface area contributed by atoms with Crippen molar-refractivity contribution in [3.05, 3.63) is 70.1 Å². The highest BCUT2D eigenvalue weighted by molar-refractivity contribution is 9.10. The van der Waals surface area contributed by atoms with Crippen molar-refractivity contribution >= 4 is 33.5 Å². The Balaban J connectivity index is 1.82. The number of nitrogens with one attached hydrogen (secondary N) is 2. The fourth-order valence-electron chi connectivity index (χ4n) is 3.62. The zero-order chi connectivity index (χ0) is 22.0. The average molecular weight is 484 g/mol. The van der Waals surface area contributed by atoms with Crippen molar-refractivity contribution in [3.63, 3.8) is 0 Å². The second-order valence-electron chi connectivity index (χ2n) is 6.88. The summed E-state index contributed by atoms with van der Waals surface area (Å²) in [6.45, 7) is 4.24. The van der Waals surface area contributed by atoms with Crippen LogP contribution in [0.25, 0.3) is 0 Å². The molecular weight excluding hydrogens is 462 g/mol. The molecule has 1 atom stereocenters. The molecule has 0 bridgehead atoms. The molecule has 2 N–H and O–H groups in total. The number of amides is 1. The normalized spacial score (nSPS) is 15.2. The quantitative estimate of drug-likeness (QED) is 0.540. The van der Waals surface area contributed by atoms with Crippen molar-refractivity contribution in [1.29, 1.82) is 0 Å². The van der Waals surface area contributed by atoms with E-state index in [0.29, 0.717) is 41.0 Å². The van der Waals surface area contributed by atoms with Crippen molar-refractivity contribution < 1.29 is 14.3 Å². The first-order valence-corrected chi connectivity index (χ1v) is 10.6. The fourth-order valence-corrected chi connectivity index (χ4v) is 4.24. The largest absolute Gasteiger partial charge is 0.492 e. The molecular formula is C22H22BrN5O3. The summed E-state index contributed by atoms with van der Waals surface area (Å²) in [5, 5.41) is 10.5. The summed E-state index contributed by atoms with van der Waals surface area (Å²) in [7, 11) is 1.59. The molecule has 0 aliphatic carbocycles. The Morgan fingerprint density at radius 1 is 1.29 bits per heavy atom. The topological polar surface area (TPSA) is 90.3 Å². The van der Waals surface area contributed by atoms with Gasteiger partial charge >= 0.3 is 0 Å². The third-order valence-electron chi connectivity index (χ3n) is 4.92. The number of ether oxygens (including phenoxy) is 2. The lowest BCUT2D eigenvalue weighted by Crippen LogP contribution is -2.31. The number of halogens is 1. The van der Waals surface area contributed by atoms with Gasteiger partial charge in [-0.25, -0.2) is 4.68 Å². The zero-order valence-corrected chi connectivity index (χ0v) is 18.9. The first kappa shape index (κ1) is 20.9. The number of benzene rings is 2. The van der Waals surface area contributed by atoms with Gasteiger partial charge in [-0.05, 0) is 59.6 Å². The van der Waals surface area contributed by atoms with E-state index in [-0.39, 0.29) is 5.91 Å². The van der Waals surface area contributed by atoms with Gasteiger partial charge in [0.05, 0.1) is 23.8 Å². The minimum Gasteiger partial charge on any atom is -0.492 e. The van der Waals surface area contributed by atoms with Crippen molar-refractivity contribution in [2.24, 2.45) is 0 Å². The molecule has 1 aromatic heterocycles. The van der Waals surface area contributed by atoms with E-state index in [2.05, 4.69) is 36.6 Å². The number of anilines is 2. The predicted octanol–water partition coefficient (Wildman–Crippen LogP) is 4.38. The van der Waals surface area contributed by atoms with Crippen LogP contribution in [0.1, 0.15) is 25.5 Å². The minimum atomic E-state index is -0.510. The van der Waals surface area contributed by atoms with Gasteiger partial charge in [-0.2, -0.15) is 10.1 Å². The maximum absolute atomic E-state index is 13.4. The summed E-state index contributed by atoms with van der Waals surface area (Å²) in [4.78, 5) is 17.7. The minimum absolute atomic E-state index is 0.229. The van der Waals surface area contributed by atoms with Gasteiger partial charge in [-0.1, -0.05) is 18.2 Å². The zero-order valence-electron chi connectivity index (χ0n) is 17.3. The first-order chi connectivity index (χ1) is 15.0. The summed E-state index contributed by atoms with van der Waals surface area (Å²) in [5.41, 5.74) is 2.74. The van der Waals surface area contributed by atoms with Crippen molar-refractivity contribution in [1.82, 2.24) is 14.8 Å². The number of nitrogens with zero attached hydrogens (tertiary/aromatic N) is 3. The van der Waals surface area contributed by atoms with Crippen molar-refractivity contribution in [2.75, 3.05) is 24.4 Å².